The number of halogens is 5. The molecule has 0 saturated carbocycles. The van der Waals surface area contributed by atoms with Crippen LogP contribution in [-0.4, -0.2) is 67.5 Å². The molecule has 2 N–H and O–H groups in total. The number of rotatable bonds is 10. The van der Waals surface area contributed by atoms with Crippen molar-refractivity contribution in [3.05, 3.63) is 40.6 Å². The Hall–Kier alpha value is -3.27. The molecule has 10 nitrogen and oxygen atoms in total. The van der Waals surface area contributed by atoms with Gasteiger partial charge in [0.1, 0.15) is 22.9 Å². The first-order valence-electron chi connectivity index (χ1n) is 12.2. The van der Waals surface area contributed by atoms with E-state index in [1.165, 1.54) is 6.07 Å². The number of carbonyl (C=O) groups excluding carboxylic acids is 2. The molecule has 1 aromatic carbocycles. The fraction of sp³-hybridized carbons (Fsp3) is 0.542. The van der Waals surface area contributed by atoms with Crippen LogP contribution in [0.25, 0.3) is 0 Å². The zero-order valence-corrected chi connectivity index (χ0v) is 22.3. The summed E-state index contributed by atoms with van der Waals surface area (Å²) in [4.78, 5) is 25.8. The standard InChI is InChI=1S/C24H27F5N4O6S/c1-22(25,26)13-38-15-4-5-16-14(10-15)6-7-23(16)11-17-19(21(35)31-23)20(30-18(34)12-40(2,36)37)33(32-17)8-3-9-39-24(27,28)29/h4-5,10H,3,6-9,11-13H2,1-2H3,(H,30,34)(H,31,35)/t23-/m1/s1. The second-order valence-corrected chi connectivity index (χ2v) is 12.2. The summed E-state index contributed by atoms with van der Waals surface area (Å²) in [5.41, 5.74) is 0.847. The molecule has 2 aromatic rings. The van der Waals surface area contributed by atoms with Gasteiger partial charge in [-0.25, -0.2) is 21.9 Å². The van der Waals surface area contributed by atoms with Gasteiger partial charge in [-0.05, 0) is 42.5 Å². The molecule has 1 spiro atoms. The van der Waals surface area contributed by atoms with E-state index >= 15 is 0 Å². The van der Waals surface area contributed by atoms with E-state index in [-0.39, 0.29) is 42.2 Å². The van der Waals surface area contributed by atoms with Crippen molar-refractivity contribution in [3.8, 4) is 5.75 Å². The molecule has 2 amide bonds. The topological polar surface area (TPSA) is 129 Å². The van der Waals surface area contributed by atoms with E-state index in [1.807, 2.05) is 0 Å². The van der Waals surface area contributed by atoms with Crippen molar-refractivity contribution in [1.29, 1.82) is 0 Å². The van der Waals surface area contributed by atoms with Gasteiger partial charge in [0.05, 0.1) is 17.8 Å². The van der Waals surface area contributed by atoms with Crippen molar-refractivity contribution in [1.82, 2.24) is 15.1 Å². The zero-order valence-electron chi connectivity index (χ0n) is 21.5. The molecule has 16 heteroatoms. The zero-order chi connectivity index (χ0) is 29.5. The SMILES string of the molecule is CC(F)(F)COc1ccc2c(c1)CC[C@@]21Cc2nn(CCCOC(F)(F)F)c(NC(=O)CS(C)(=O)=O)c2C(=O)N1. The molecule has 0 saturated heterocycles. The minimum absolute atomic E-state index is 0.0252. The Morgan fingerprint density at radius 1 is 1.25 bits per heavy atom. The molecular formula is C24H27F5N4O6S. The number of hydrogen-bond donors (Lipinski definition) is 2. The normalized spacial score (nSPS) is 18.8. The molecular weight excluding hydrogens is 567 g/mol. The molecule has 220 valence electrons. The highest BCUT2D eigenvalue weighted by molar-refractivity contribution is 7.91. The van der Waals surface area contributed by atoms with Crippen molar-refractivity contribution in [2.24, 2.45) is 0 Å². The molecule has 0 radical (unpaired) electrons. The predicted octanol–water partition coefficient (Wildman–Crippen LogP) is 2.95. The summed E-state index contributed by atoms with van der Waals surface area (Å²) in [5, 5.41) is 9.72. The lowest BCUT2D eigenvalue weighted by atomic mass is 9.82. The molecule has 1 atom stereocenters. The Kier molecular flexibility index (Phi) is 7.88. The molecule has 1 aliphatic carbocycles. The van der Waals surface area contributed by atoms with Gasteiger partial charge in [0.15, 0.2) is 16.4 Å². The summed E-state index contributed by atoms with van der Waals surface area (Å²) in [6.07, 6.45) is -3.05. The average molecular weight is 595 g/mol. The van der Waals surface area contributed by atoms with Crippen LogP contribution in [0.1, 0.15) is 46.9 Å². The number of nitrogens with zero attached hydrogens (tertiary/aromatic N) is 2. The van der Waals surface area contributed by atoms with E-state index in [9.17, 15) is 40.0 Å². The van der Waals surface area contributed by atoms with Crippen LogP contribution in [0.2, 0.25) is 0 Å². The highest BCUT2D eigenvalue weighted by Gasteiger charge is 2.46. The fourth-order valence-electron chi connectivity index (χ4n) is 4.92. The van der Waals surface area contributed by atoms with Crippen molar-refractivity contribution >= 4 is 27.5 Å². The maximum atomic E-state index is 13.4. The second kappa shape index (κ2) is 10.6. The van der Waals surface area contributed by atoms with Crippen molar-refractivity contribution < 1.29 is 49.4 Å². The van der Waals surface area contributed by atoms with Gasteiger partial charge in [0, 0.05) is 26.1 Å². The molecule has 0 fully saturated rings. The van der Waals surface area contributed by atoms with E-state index in [1.54, 1.807) is 12.1 Å². The van der Waals surface area contributed by atoms with Crippen molar-refractivity contribution in [2.75, 3.05) is 30.5 Å². The first-order chi connectivity index (χ1) is 18.4. The number of alkyl halides is 5. The Morgan fingerprint density at radius 3 is 2.62 bits per heavy atom. The number of sulfone groups is 1. The summed E-state index contributed by atoms with van der Waals surface area (Å²) < 4.78 is 96.9. The number of aromatic nitrogens is 2. The Bertz CT molecular complexity index is 1420. The number of ether oxygens (including phenoxy) is 2. The molecule has 4 rings (SSSR count). The van der Waals surface area contributed by atoms with Crippen molar-refractivity contribution in [3.63, 3.8) is 0 Å². The van der Waals surface area contributed by atoms with Crippen LogP contribution in [0.3, 0.4) is 0 Å². The van der Waals surface area contributed by atoms with Gasteiger partial charge in [0.2, 0.25) is 5.91 Å². The number of fused-ring (bicyclic) bond motifs is 3. The first-order valence-corrected chi connectivity index (χ1v) is 14.3. The number of aryl methyl sites for hydroxylation is 2. The second-order valence-electron chi connectivity index (χ2n) is 10.1. The van der Waals surface area contributed by atoms with Crippen LogP contribution in [0.15, 0.2) is 18.2 Å². The summed E-state index contributed by atoms with van der Waals surface area (Å²) in [7, 11) is -3.72. The van der Waals surface area contributed by atoms with Crippen LogP contribution in [-0.2, 0) is 44.3 Å². The minimum Gasteiger partial charge on any atom is -0.487 e. The predicted molar refractivity (Wildman–Crippen MR) is 131 cm³/mol. The van der Waals surface area contributed by atoms with E-state index in [0.717, 1.165) is 29.0 Å². The lowest BCUT2D eigenvalue weighted by Crippen LogP contribution is -2.49. The van der Waals surface area contributed by atoms with E-state index in [2.05, 4.69) is 20.5 Å². The maximum absolute atomic E-state index is 13.4. The molecule has 40 heavy (non-hydrogen) atoms. The van der Waals surface area contributed by atoms with Gasteiger partial charge in [-0.15, -0.1) is 13.2 Å². The average Bonchev–Trinajstić information content (AvgIpc) is 3.31. The van der Waals surface area contributed by atoms with E-state index < -0.39 is 58.4 Å². The van der Waals surface area contributed by atoms with Crippen LogP contribution < -0.4 is 15.4 Å². The lowest BCUT2D eigenvalue weighted by molar-refractivity contribution is -0.324. The van der Waals surface area contributed by atoms with Crippen LogP contribution >= 0.6 is 0 Å². The summed E-state index contributed by atoms with van der Waals surface area (Å²) in [5.74, 6) is -5.33. The van der Waals surface area contributed by atoms with Crippen LogP contribution in [0.5, 0.6) is 5.75 Å². The van der Waals surface area contributed by atoms with Gasteiger partial charge in [-0.1, -0.05) is 6.07 Å². The molecule has 0 bridgehead atoms. The number of benzene rings is 1. The third-order valence-electron chi connectivity index (χ3n) is 6.41. The summed E-state index contributed by atoms with van der Waals surface area (Å²) >= 11 is 0. The monoisotopic (exact) mass is 594 g/mol. The van der Waals surface area contributed by atoms with Crippen LogP contribution in [0, 0.1) is 0 Å². The quantitative estimate of drug-likeness (QED) is 0.320. The highest BCUT2D eigenvalue weighted by atomic mass is 32.2. The first kappa shape index (κ1) is 29.7. The maximum Gasteiger partial charge on any atom is 0.522 e. The fourth-order valence-corrected chi connectivity index (χ4v) is 5.47. The Labute approximate surface area is 226 Å². The lowest BCUT2D eigenvalue weighted by Gasteiger charge is -2.35. The largest absolute Gasteiger partial charge is 0.522 e. The smallest absolute Gasteiger partial charge is 0.487 e. The van der Waals surface area contributed by atoms with Crippen molar-refractivity contribution in [2.45, 2.75) is 57.0 Å². The van der Waals surface area contributed by atoms with E-state index in [0.29, 0.717) is 12.8 Å². The third-order valence-corrected chi connectivity index (χ3v) is 7.20. The Morgan fingerprint density at radius 2 is 1.98 bits per heavy atom. The number of nitrogens with one attached hydrogen (secondary N) is 2. The minimum atomic E-state index is -4.83. The molecule has 1 aliphatic heterocycles. The molecule has 0 unspecified atom stereocenters. The molecule has 2 aliphatic rings. The van der Waals surface area contributed by atoms with Gasteiger partial charge in [-0.2, -0.15) is 5.10 Å². The number of hydrogen-bond acceptors (Lipinski definition) is 7. The van der Waals surface area contributed by atoms with Gasteiger partial charge < -0.3 is 15.4 Å². The summed E-state index contributed by atoms with van der Waals surface area (Å²) in [6, 6.07) is 4.83. The van der Waals surface area contributed by atoms with E-state index in [4.69, 9.17) is 4.74 Å². The molecule has 1 aromatic heterocycles. The number of anilines is 1. The van der Waals surface area contributed by atoms with Crippen LogP contribution in [0.4, 0.5) is 27.8 Å². The molecule has 2 heterocycles. The van der Waals surface area contributed by atoms with Gasteiger partial charge in [-0.3, -0.25) is 14.3 Å². The third kappa shape index (κ3) is 7.08. The number of carbonyl (C=O) groups is 2. The highest BCUT2D eigenvalue weighted by Crippen LogP contribution is 2.44. The van der Waals surface area contributed by atoms with Gasteiger partial charge >= 0.3 is 6.36 Å². The Balaban J connectivity index is 1.62. The number of amides is 2. The summed E-state index contributed by atoms with van der Waals surface area (Å²) in [6.45, 7) is -0.930. The van der Waals surface area contributed by atoms with Gasteiger partial charge in [0.25, 0.3) is 11.8 Å².